The Morgan fingerprint density at radius 1 is 0.295 bits per heavy atom. The van der Waals surface area contributed by atoms with Crippen LogP contribution in [-0.4, -0.2) is 28.4 Å². The molecule has 0 aliphatic carbocycles. The molecule has 0 fully saturated rings. The van der Waals surface area contributed by atoms with Crippen molar-refractivity contribution in [3.05, 3.63) is 121 Å². The van der Waals surface area contributed by atoms with Gasteiger partial charge in [0.15, 0.2) is 0 Å². The highest BCUT2D eigenvalue weighted by atomic mass is 16.5. The molecule has 7 aromatic rings. The second-order valence-electron chi connectivity index (χ2n) is 10.8. The quantitative estimate of drug-likeness (QED) is 0.177. The van der Waals surface area contributed by atoms with Gasteiger partial charge in [0.25, 0.3) is 0 Å². The molecule has 7 aromatic carbocycles. The van der Waals surface area contributed by atoms with E-state index in [4.69, 9.17) is 18.9 Å². The summed E-state index contributed by atoms with van der Waals surface area (Å²) in [7, 11) is 6.80. The first-order chi connectivity index (χ1) is 21.6. The Morgan fingerprint density at radius 3 is 1.11 bits per heavy atom. The average molecular weight is 577 g/mol. The van der Waals surface area contributed by atoms with Crippen LogP contribution in [0.25, 0.3) is 65.7 Å². The van der Waals surface area contributed by atoms with Crippen LogP contribution in [0.3, 0.4) is 0 Å². The van der Waals surface area contributed by atoms with Crippen LogP contribution in [0, 0.1) is 0 Å². The lowest BCUT2D eigenvalue weighted by molar-refractivity contribution is 0.415. The van der Waals surface area contributed by atoms with Crippen LogP contribution >= 0.6 is 0 Å². The van der Waals surface area contributed by atoms with Crippen molar-refractivity contribution >= 4 is 32.3 Å². The Kier molecular flexibility index (Phi) is 7.03. The number of fused-ring (bicyclic) bond motifs is 6. The Bertz CT molecular complexity index is 2130. The molecule has 0 aromatic heterocycles. The van der Waals surface area contributed by atoms with Gasteiger partial charge in [0.05, 0.1) is 28.4 Å². The van der Waals surface area contributed by atoms with E-state index in [9.17, 15) is 0 Å². The van der Waals surface area contributed by atoms with Gasteiger partial charge in [-0.05, 0) is 120 Å². The molecule has 0 spiro atoms. The van der Waals surface area contributed by atoms with Gasteiger partial charge in [-0.3, -0.25) is 0 Å². The van der Waals surface area contributed by atoms with E-state index in [-0.39, 0.29) is 0 Å². The SMILES string of the molecule is COc1ccc(-c2ccc3c4ccc(OC)cc4c4c(-c5ccc(OC)cc5)ccc(-c5ccc(OC)cc5)c4c3c2)cc1. The van der Waals surface area contributed by atoms with Crippen molar-refractivity contribution in [2.24, 2.45) is 0 Å². The smallest absolute Gasteiger partial charge is 0.119 e. The van der Waals surface area contributed by atoms with Crippen molar-refractivity contribution < 1.29 is 18.9 Å². The lowest BCUT2D eigenvalue weighted by Gasteiger charge is -2.19. The summed E-state index contributed by atoms with van der Waals surface area (Å²) < 4.78 is 22.2. The maximum Gasteiger partial charge on any atom is 0.119 e. The minimum Gasteiger partial charge on any atom is -0.497 e. The number of benzene rings is 7. The highest BCUT2D eigenvalue weighted by molar-refractivity contribution is 6.32. The Labute approximate surface area is 257 Å². The number of hydrogen-bond donors (Lipinski definition) is 0. The fraction of sp³-hybridized carbons (Fsp3) is 0.100. The van der Waals surface area contributed by atoms with E-state index < -0.39 is 0 Å². The van der Waals surface area contributed by atoms with Crippen LogP contribution in [-0.2, 0) is 0 Å². The van der Waals surface area contributed by atoms with Crippen LogP contribution in [0.5, 0.6) is 23.0 Å². The van der Waals surface area contributed by atoms with Gasteiger partial charge in [-0.15, -0.1) is 0 Å². The van der Waals surface area contributed by atoms with Gasteiger partial charge in [0.1, 0.15) is 23.0 Å². The van der Waals surface area contributed by atoms with E-state index in [1.807, 2.05) is 42.5 Å². The molecule has 7 rings (SSSR count). The molecule has 0 N–H and O–H groups in total. The zero-order chi connectivity index (χ0) is 30.2. The van der Waals surface area contributed by atoms with Crippen LogP contribution in [0.4, 0.5) is 0 Å². The summed E-state index contributed by atoms with van der Waals surface area (Å²) in [6, 6.07) is 42.5. The van der Waals surface area contributed by atoms with Crippen molar-refractivity contribution in [1.82, 2.24) is 0 Å². The molecule has 0 amide bonds. The molecule has 0 heterocycles. The van der Waals surface area contributed by atoms with E-state index in [1.165, 1.54) is 26.9 Å². The van der Waals surface area contributed by atoms with Crippen molar-refractivity contribution in [1.29, 1.82) is 0 Å². The highest BCUT2D eigenvalue weighted by Gasteiger charge is 2.19. The molecule has 44 heavy (non-hydrogen) atoms. The zero-order valence-corrected chi connectivity index (χ0v) is 25.2. The predicted octanol–water partition coefficient (Wildman–Crippen LogP) is 10.2. The van der Waals surface area contributed by atoms with Crippen LogP contribution in [0.1, 0.15) is 0 Å². The van der Waals surface area contributed by atoms with Crippen molar-refractivity contribution in [2.45, 2.75) is 0 Å². The minimum absolute atomic E-state index is 0.823. The first-order valence-corrected chi connectivity index (χ1v) is 14.6. The third kappa shape index (κ3) is 4.65. The summed E-state index contributed by atoms with van der Waals surface area (Å²) in [6.07, 6.45) is 0. The van der Waals surface area contributed by atoms with Gasteiger partial charge in [0.2, 0.25) is 0 Å². The molecule has 0 saturated heterocycles. The number of rotatable bonds is 7. The molecule has 0 radical (unpaired) electrons. The molecule has 4 heteroatoms. The third-order valence-electron chi connectivity index (χ3n) is 8.51. The molecular weight excluding hydrogens is 544 g/mol. The van der Waals surface area contributed by atoms with E-state index in [0.717, 1.165) is 61.8 Å². The monoisotopic (exact) mass is 576 g/mol. The molecule has 0 atom stereocenters. The average Bonchev–Trinajstić information content (AvgIpc) is 3.10. The number of methoxy groups -OCH3 is 4. The number of ether oxygens (including phenoxy) is 4. The maximum atomic E-state index is 5.75. The Hall–Kier alpha value is -5.48. The van der Waals surface area contributed by atoms with Gasteiger partial charge in [-0.25, -0.2) is 0 Å². The summed E-state index contributed by atoms with van der Waals surface area (Å²) in [5.41, 5.74) is 6.82. The van der Waals surface area contributed by atoms with Crippen molar-refractivity contribution in [2.75, 3.05) is 28.4 Å². The van der Waals surface area contributed by atoms with Gasteiger partial charge >= 0.3 is 0 Å². The van der Waals surface area contributed by atoms with Crippen LogP contribution in [0.2, 0.25) is 0 Å². The van der Waals surface area contributed by atoms with Crippen molar-refractivity contribution in [3.63, 3.8) is 0 Å². The van der Waals surface area contributed by atoms with E-state index in [2.05, 4.69) is 78.9 Å². The molecule has 4 nitrogen and oxygen atoms in total. The van der Waals surface area contributed by atoms with E-state index >= 15 is 0 Å². The highest BCUT2D eigenvalue weighted by Crippen LogP contribution is 2.46. The molecule has 0 saturated carbocycles. The van der Waals surface area contributed by atoms with Gasteiger partial charge in [-0.2, -0.15) is 0 Å². The Balaban J connectivity index is 1.64. The van der Waals surface area contributed by atoms with E-state index in [0.29, 0.717) is 0 Å². The Morgan fingerprint density at radius 2 is 0.659 bits per heavy atom. The maximum absolute atomic E-state index is 5.75. The van der Waals surface area contributed by atoms with Crippen LogP contribution in [0.15, 0.2) is 121 Å². The van der Waals surface area contributed by atoms with Gasteiger partial charge in [0, 0.05) is 0 Å². The second kappa shape index (κ2) is 11.3. The standard InChI is InChI=1S/C40H32O4/c1-41-29-12-5-25(6-13-29)28-11-19-35-36-20-18-32(44-4)24-38(36)40-34(27-9-16-31(43-3)17-10-27)22-21-33(39(40)37(35)23-28)26-7-14-30(42-2)15-8-26/h5-24H,1-4H3. The predicted molar refractivity (Wildman–Crippen MR) is 181 cm³/mol. The summed E-state index contributed by atoms with van der Waals surface area (Å²) in [5, 5.41) is 7.06. The van der Waals surface area contributed by atoms with Gasteiger partial charge in [-0.1, -0.05) is 66.7 Å². The van der Waals surface area contributed by atoms with Crippen LogP contribution < -0.4 is 18.9 Å². The summed E-state index contributed by atoms with van der Waals surface area (Å²) >= 11 is 0. The first-order valence-electron chi connectivity index (χ1n) is 14.6. The lowest BCUT2D eigenvalue weighted by atomic mass is 9.84. The fourth-order valence-corrected chi connectivity index (χ4v) is 6.23. The molecule has 0 aliphatic heterocycles. The summed E-state index contributed by atoms with van der Waals surface area (Å²) in [5.74, 6) is 3.32. The zero-order valence-electron chi connectivity index (χ0n) is 25.2. The molecular formula is C40H32O4. The molecule has 216 valence electrons. The topological polar surface area (TPSA) is 36.9 Å². The molecule has 0 unspecified atom stereocenters. The lowest BCUT2D eigenvalue weighted by Crippen LogP contribution is -1.93. The molecule has 0 bridgehead atoms. The largest absolute Gasteiger partial charge is 0.497 e. The summed E-state index contributed by atoms with van der Waals surface area (Å²) in [4.78, 5) is 0. The molecule has 0 aliphatic rings. The normalized spacial score (nSPS) is 11.2. The minimum atomic E-state index is 0.823. The van der Waals surface area contributed by atoms with Crippen molar-refractivity contribution in [3.8, 4) is 56.4 Å². The fourth-order valence-electron chi connectivity index (χ4n) is 6.23. The van der Waals surface area contributed by atoms with Gasteiger partial charge < -0.3 is 18.9 Å². The number of hydrogen-bond acceptors (Lipinski definition) is 4. The summed E-state index contributed by atoms with van der Waals surface area (Å²) in [6.45, 7) is 0. The first kappa shape index (κ1) is 27.4. The van der Waals surface area contributed by atoms with E-state index in [1.54, 1.807) is 28.4 Å². The second-order valence-corrected chi connectivity index (χ2v) is 10.8. The third-order valence-corrected chi connectivity index (χ3v) is 8.51.